The van der Waals surface area contributed by atoms with Crippen LogP contribution in [0.1, 0.15) is 78.1 Å². The molecule has 0 heterocycles. The van der Waals surface area contributed by atoms with Crippen molar-refractivity contribution in [2.75, 3.05) is 42.7 Å². The summed E-state index contributed by atoms with van der Waals surface area (Å²) in [5, 5.41) is 0. The molecular formula is C23H50O7Si2. The van der Waals surface area contributed by atoms with Crippen LogP contribution in [0.5, 0.6) is 0 Å². The summed E-state index contributed by atoms with van der Waals surface area (Å²) in [4.78, 5) is 12.7. The van der Waals surface area contributed by atoms with Crippen LogP contribution in [-0.4, -0.2) is 66.1 Å². The maximum atomic E-state index is 12.7. The van der Waals surface area contributed by atoms with E-state index in [1.165, 1.54) is 0 Å². The zero-order chi connectivity index (χ0) is 24.5. The number of carbonyl (C=O) groups is 1. The van der Waals surface area contributed by atoms with E-state index in [1.54, 1.807) is 42.7 Å². The standard InChI is InChI=1S/C23H50O7Si2/c1-21(17-13-9-11-15-19-31(25-3,26-4)27-5)23(24)22(2)18-14-10-12-16-20-32(28-6,29-7)30-8/h21-22H,9-20H2,1-8H3. The van der Waals surface area contributed by atoms with E-state index in [9.17, 15) is 4.79 Å². The average molecular weight is 495 g/mol. The molecule has 0 aromatic rings. The normalized spacial score (nSPS) is 14.5. The van der Waals surface area contributed by atoms with E-state index >= 15 is 0 Å². The molecule has 0 spiro atoms. The van der Waals surface area contributed by atoms with Crippen LogP contribution in [0.25, 0.3) is 0 Å². The molecule has 9 heteroatoms. The van der Waals surface area contributed by atoms with E-state index in [0.29, 0.717) is 5.78 Å². The Hall–Kier alpha value is -0.136. The molecule has 0 fully saturated rings. The van der Waals surface area contributed by atoms with Gasteiger partial charge >= 0.3 is 17.6 Å². The smallest absolute Gasteiger partial charge is 0.377 e. The Morgan fingerprint density at radius 2 is 0.812 bits per heavy atom. The Balaban J connectivity index is 3.94. The molecule has 32 heavy (non-hydrogen) atoms. The second-order valence-corrected chi connectivity index (χ2v) is 14.9. The van der Waals surface area contributed by atoms with Crippen LogP contribution >= 0.6 is 0 Å². The molecule has 0 aromatic carbocycles. The van der Waals surface area contributed by atoms with Gasteiger partial charge in [0.25, 0.3) is 0 Å². The maximum Gasteiger partial charge on any atom is 0.500 e. The molecule has 0 saturated carbocycles. The molecule has 0 aliphatic carbocycles. The Morgan fingerprint density at radius 1 is 0.531 bits per heavy atom. The predicted octanol–water partition coefficient (Wildman–Crippen LogP) is 5.48. The quantitative estimate of drug-likeness (QED) is 0.146. The third-order valence-electron chi connectivity index (χ3n) is 6.58. The summed E-state index contributed by atoms with van der Waals surface area (Å²) in [6, 6.07) is 1.68. The first-order chi connectivity index (χ1) is 15.3. The lowest BCUT2D eigenvalue weighted by atomic mass is 9.88. The molecule has 0 aliphatic rings. The van der Waals surface area contributed by atoms with Crippen molar-refractivity contribution in [1.29, 1.82) is 0 Å². The van der Waals surface area contributed by atoms with E-state index in [2.05, 4.69) is 13.8 Å². The average Bonchev–Trinajstić information content (AvgIpc) is 2.83. The Labute approximate surface area is 199 Å². The molecule has 0 bridgehead atoms. The van der Waals surface area contributed by atoms with Crippen molar-refractivity contribution in [1.82, 2.24) is 0 Å². The second-order valence-electron chi connectivity index (χ2n) is 8.70. The van der Waals surface area contributed by atoms with Crippen molar-refractivity contribution in [3.63, 3.8) is 0 Å². The number of carbonyl (C=O) groups excluding carboxylic acids is 1. The molecule has 7 nitrogen and oxygen atoms in total. The minimum absolute atomic E-state index is 0.145. The van der Waals surface area contributed by atoms with Gasteiger partial charge in [0.15, 0.2) is 0 Å². The van der Waals surface area contributed by atoms with Crippen molar-refractivity contribution in [2.24, 2.45) is 11.8 Å². The lowest BCUT2D eigenvalue weighted by molar-refractivity contribution is -0.126. The number of Topliss-reactive ketones (excluding diaryl/α,β-unsaturated/α-hetero) is 1. The highest BCUT2D eigenvalue weighted by molar-refractivity contribution is 6.60. The zero-order valence-corrected chi connectivity index (χ0v) is 24.0. The Bertz CT molecular complexity index is 415. The van der Waals surface area contributed by atoms with Crippen LogP contribution in [0.15, 0.2) is 0 Å². The van der Waals surface area contributed by atoms with Gasteiger partial charge in [-0.3, -0.25) is 4.79 Å². The van der Waals surface area contributed by atoms with Crippen LogP contribution in [0, 0.1) is 11.8 Å². The van der Waals surface area contributed by atoms with Crippen molar-refractivity contribution in [2.45, 2.75) is 90.1 Å². The summed E-state index contributed by atoms with van der Waals surface area (Å²) >= 11 is 0. The lowest BCUT2D eigenvalue weighted by Gasteiger charge is -2.24. The van der Waals surface area contributed by atoms with E-state index in [0.717, 1.165) is 76.3 Å². The van der Waals surface area contributed by atoms with Crippen molar-refractivity contribution in [3.05, 3.63) is 0 Å². The van der Waals surface area contributed by atoms with Gasteiger partial charge in [-0.25, -0.2) is 0 Å². The summed E-state index contributed by atoms with van der Waals surface area (Å²) in [6.45, 7) is 4.17. The SMILES string of the molecule is CO[Si](CCCCCCC(C)C(=O)C(C)CCCCCC[Si](OC)(OC)OC)(OC)OC. The fourth-order valence-electron chi connectivity index (χ4n) is 4.17. The summed E-state index contributed by atoms with van der Waals surface area (Å²) in [5.41, 5.74) is 0. The minimum atomic E-state index is -2.44. The van der Waals surface area contributed by atoms with Crippen molar-refractivity contribution in [3.8, 4) is 0 Å². The molecule has 0 aliphatic heterocycles. The molecule has 192 valence electrons. The number of ketones is 1. The van der Waals surface area contributed by atoms with E-state index in [-0.39, 0.29) is 11.8 Å². The predicted molar refractivity (Wildman–Crippen MR) is 133 cm³/mol. The fourth-order valence-corrected chi connectivity index (χ4v) is 7.76. The molecule has 0 saturated heterocycles. The first-order valence-electron chi connectivity index (χ1n) is 12.1. The van der Waals surface area contributed by atoms with Crippen LogP contribution < -0.4 is 0 Å². The largest absolute Gasteiger partial charge is 0.500 e. The summed E-state index contributed by atoms with van der Waals surface area (Å²) in [6.07, 6.45) is 10.7. The molecule has 0 rings (SSSR count). The summed E-state index contributed by atoms with van der Waals surface area (Å²) < 4.78 is 32.7. The fraction of sp³-hybridized carbons (Fsp3) is 0.957. The second kappa shape index (κ2) is 18.2. The maximum absolute atomic E-state index is 12.7. The molecular weight excluding hydrogens is 444 g/mol. The van der Waals surface area contributed by atoms with Gasteiger partial charge in [0, 0.05) is 66.6 Å². The number of rotatable bonds is 22. The van der Waals surface area contributed by atoms with Crippen molar-refractivity contribution >= 4 is 23.4 Å². The third-order valence-corrected chi connectivity index (χ3v) is 12.2. The molecule has 0 N–H and O–H groups in total. The van der Waals surface area contributed by atoms with Crippen LogP contribution in [0.3, 0.4) is 0 Å². The van der Waals surface area contributed by atoms with Crippen LogP contribution in [0.4, 0.5) is 0 Å². The minimum Gasteiger partial charge on any atom is -0.377 e. The molecule has 2 atom stereocenters. The van der Waals surface area contributed by atoms with Gasteiger partial charge in [0.05, 0.1) is 0 Å². The third kappa shape index (κ3) is 11.8. The molecule has 0 radical (unpaired) electrons. The summed E-state index contributed by atoms with van der Waals surface area (Å²) in [5.74, 6) is 0.707. The highest BCUT2D eigenvalue weighted by Gasteiger charge is 2.37. The Morgan fingerprint density at radius 3 is 1.09 bits per heavy atom. The number of hydrogen-bond acceptors (Lipinski definition) is 7. The van der Waals surface area contributed by atoms with Gasteiger partial charge in [-0.1, -0.05) is 52.4 Å². The van der Waals surface area contributed by atoms with Gasteiger partial charge in [-0.05, 0) is 25.7 Å². The number of hydrogen-bond donors (Lipinski definition) is 0. The zero-order valence-electron chi connectivity index (χ0n) is 22.0. The van der Waals surface area contributed by atoms with Gasteiger partial charge in [-0.15, -0.1) is 0 Å². The monoisotopic (exact) mass is 494 g/mol. The first kappa shape index (κ1) is 31.9. The topological polar surface area (TPSA) is 72.5 Å². The summed E-state index contributed by atoms with van der Waals surface area (Å²) in [7, 11) is 5.06. The molecule has 2 unspecified atom stereocenters. The highest BCUT2D eigenvalue weighted by atomic mass is 28.4. The van der Waals surface area contributed by atoms with Gasteiger partial charge < -0.3 is 26.6 Å². The Kier molecular flexibility index (Phi) is 18.1. The molecule has 0 aromatic heterocycles. The number of unbranched alkanes of at least 4 members (excludes halogenated alkanes) is 6. The van der Waals surface area contributed by atoms with Crippen LogP contribution in [0.2, 0.25) is 12.1 Å². The van der Waals surface area contributed by atoms with Gasteiger partial charge in [0.1, 0.15) is 5.78 Å². The van der Waals surface area contributed by atoms with Crippen LogP contribution in [-0.2, 0) is 31.4 Å². The lowest BCUT2D eigenvalue weighted by Crippen LogP contribution is -2.42. The molecule has 0 amide bonds. The van der Waals surface area contributed by atoms with Gasteiger partial charge in [0.2, 0.25) is 0 Å². The van der Waals surface area contributed by atoms with Crippen molar-refractivity contribution < 1.29 is 31.4 Å². The van der Waals surface area contributed by atoms with E-state index in [4.69, 9.17) is 26.6 Å². The highest BCUT2D eigenvalue weighted by Crippen LogP contribution is 2.23. The van der Waals surface area contributed by atoms with E-state index < -0.39 is 17.6 Å². The van der Waals surface area contributed by atoms with Gasteiger partial charge in [-0.2, -0.15) is 0 Å². The first-order valence-corrected chi connectivity index (χ1v) is 16.0. The van der Waals surface area contributed by atoms with E-state index in [1.807, 2.05) is 0 Å².